The third kappa shape index (κ3) is 3.65. The Labute approximate surface area is 133 Å². The zero-order chi connectivity index (χ0) is 16.3. The molecule has 0 radical (unpaired) electrons. The van der Waals surface area contributed by atoms with Crippen molar-refractivity contribution in [3.8, 4) is 0 Å². The van der Waals surface area contributed by atoms with Crippen LogP contribution in [0.3, 0.4) is 0 Å². The molecule has 1 aliphatic heterocycles. The minimum Gasteiger partial charge on any atom is -0.354 e. The van der Waals surface area contributed by atoms with Crippen LogP contribution in [0.4, 0.5) is 0 Å². The standard InChI is InChI=1S/C13H19N3O4S2/c1-3-4-16-7-9(5-12(16)17)15-22(19,20)10-6-11(21-8-10)13(18)14-2/h6,8-9,15H,3-5,7H2,1-2H3,(H,14,18)/t9-/m0/s1. The van der Waals surface area contributed by atoms with Crippen LogP contribution in [-0.2, 0) is 14.8 Å². The average molecular weight is 345 g/mol. The van der Waals surface area contributed by atoms with Crippen molar-refractivity contribution in [3.63, 3.8) is 0 Å². The third-order valence-electron chi connectivity index (χ3n) is 3.37. The monoisotopic (exact) mass is 345 g/mol. The molecule has 2 amide bonds. The number of likely N-dealkylation sites (tertiary alicyclic amines) is 1. The topological polar surface area (TPSA) is 95.6 Å². The zero-order valence-corrected chi connectivity index (χ0v) is 14.1. The highest BCUT2D eigenvalue weighted by Crippen LogP contribution is 2.21. The van der Waals surface area contributed by atoms with Gasteiger partial charge >= 0.3 is 0 Å². The fourth-order valence-electron chi connectivity index (χ4n) is 2.33. The van der Waals surface area contributed by atoms with Crippen molar-refractivity contribution in [3.05, 3.63) is 16.3 Å². The maximum Gasteiger partial charge on any atom is 0.261 e. The second kappa shape index (κ2) is 6.76. The van der Waals surface area contributed by atoms with E-state index in [0.717, 1.165) is 17.8 Å². The van der Waals surface area contributed by atoms with E-state index in [1.165, 1.54) is 18.5 Å². The number of hydrogen-bond acceptors (Lipinski definition) is 5. The van der Waals surface area contributed by atoms with Crippen molar-refractivity contribution < 1.29 is 18.0 Å². The molecule has 1 atom stereocenters. The van der Waals surface area contributed by atoms with E-state index in [1.54, 1.807) is 4.90 Å². The van der Waals surface area contributed by atoms with Crippen molar-refractivity contribution in [2.24, 2.45) is 0 Å². The minimum absolute atomic E-state index is 0.0362. The molecule has 0 saturated carbocycles. The minimum atomic E-state index is -3.72. The molecule has 0 spiro atoms. The lowest BCUT2D eigenvalue weighted by atomic mass is 10.3. The Balaban J connectivity index is 2.07. The summed E-state index contributed by atoms with van der Waals surface area (Å²) in [6.07, 6.45) is 1.01. The fourth-order valence-corrected chi connectivity index (χ4v) is 4.77. The highest BCUT2D eigenvalue weighted by molar-refractivity contribution is 7.89. The Morgan fingerprint density at radius 2 is 2.23 bits per heavy atom. The van der Waals surface area contributed by atoms with E-state index >= 15 is 0 Å². The normalized spacial score (nSPS) is 18.7. The molecule has 0 unspecified atom stereocenters. The van der Waals surface area contributed by atoms with Crippen LogP contribution < -0.4 is 10.0 Å². The van der Waals surface area contributed by atoms with Gasteiger partial charge in [0.25, 0.3) is 5.91 Å². The molecular formula is C13H19N3O4S2. The van der Waals surface area contributed by atoms with Crippen molar-refractivity contribution >= 4 is 33.2 Å². The van der Waals surface area contributed by atoms with Gasteiger partial charge in [0.2, 0.25) is 15.9 Å². The molecule has 1 fully saturated rings. The fraction of sp³-hybridized carbons (Fsp3) is 0.538. The number of thiophene rings is 1. The first-order valence-corrected chi connectivity index (χ1v) is 9.34. The molecule has 22 heavy (non-hydrogen) atoms. The van der Waals surface area contributed by atoms with Crippen LogP contribution in [0.25, 0.3) is 0 Å². The van der Waals surface area contributed by atoms with Crippen LogP contribution in [0, 0.1) is 0 Å². The number of carbonyl (C=O) groups excluding carboxylic acids is 2. The Kier molecular flexibility index (Phi) is 5.20. The molecule has 9 heteroatoms. The van der Waals surface area contributed by atoms with E-state index < -0.39 is 16.1 Å². The Hall–Kier alpha value is -1.45. The van der Waals surface area contributed by atoms with Crippen molar-refractivity contribution in [1.82, 2.24) is 14.9 Å². The lowest BCUT2D eigenvalue weighted by Crippen LogP contribution is -2.37. The molecule has 7 nitrogen and oxygen atoms in total. The summed E-state index contributed by atoms with van der Waals surface area (Å²) in [5.41, 5.74) is 0. The summed E-state index contributed by atoms with van der Waals surface area (Å²) in [6, 6.07) is 0.916. The van der Waals surface area contributed by atoms with E-state index in [1.807, 2.05) is 6.92 Å². The first-order chi connectivity index (χ1) is 10.4. The number of hydrogen-bond donors (Lipinski definition) is 2. The first-order valence-electron chi connectivity index (χ1n) is 6.98. The van der Waals surface area contributed by atoms with Crippen LogP contribution in [0.1, 0.15) is 29.4 Å². The Morgan fingerprint density at radius 3 is 2.86 bits per heavy atom. The van der Waals surface area contributed by atoms with Crippen LogP contribution >= 0.6 is 11.3 Å². The Morgan fingerprint density at radius 1 is 1.50 bits per heavy atom. The molecule has 0 bridgehead atoms. The molecule has 2 N–H and O–H groups in total. The zero-order valence-electron chi connectivity index (χ0n) is 12.5. The second-order valence-electron chi connectivity index (χ2n) is 5.09. The van der Waals surface area contributed by atoms with E-state index in [9.17, 15) is 18.0 Å². The van der Waals surface area contributed by atoms with Gasteiger partial charge in [-0.1, -0.05) is 6.92 Å². The van der Waals surface area contributed by atoms with Gasteiger partial charge in [-0.05, 0) is 12.5 Å². The van der Waals surface area contributed by atoms with Crippen molar-refractivity contribution in [2.75, 3.05) is 20.1 Å². The predicted octanol–water partition coefficient (Wildman–Crippen LogP) is 0.397. The Bertz CT molecular complexity index is 669. The summed E-state index contributed by atoms with van der Waals surface area (Å²) < 4.78 is 27.2. The first kappa shape index (κ1) is 16.9. The number of sulfonamides is 1. The van der Waals surface area contributed by atoms with Crippen molar-refractivity contribution in [1.29, 1.82) is 0 Å². The lowest BCUT2D eigenvalue weighted by Gasteiger charge is -2.15. The number of nitrogens with zero attached hydrogens (tertiary/aromatic N) is 1. The molecule has 122 valence electrons. The van der Waals surface area contributed by atoms with Gasteiger partial charge in [-0.3, -0.25) is 9.59 Å². The van der Waals surface area contributed by atoms with E-state index in [-0.39, 0.29) is 23.1 Å². The van der Waals surface area contributed by atoms with Gasteiger partial charge in [0.05, 0.1) is 9.77 Å². The number of nitrogens with one attached hydrogen (secondary N) is 2. The van der Waals surface area contributed by atoms with Gasteiger partial charge in [-0.25, -0.2) is 13.1 Å². The molecular weight excluding hydrogens is 326 g/mol. The van der Waals surface area contributed by atoms with Gasteiger partial charge in [-0.2, -0.15) is 0 Å². The van der Waals surface area contributed by atoms with Crippen molar-refractivity contribution in [2.45, 2.75) is 30.7 Å². The van der Waals surface area contributed by atoms with Crippen LogP contribution in [-0.4, -0.2) is 51.3 Å². The summed E-state index contributed by atoms with van der Waals surface area (Å²) in [4.78, 5) is 25.3. The van der Waals surface area contributed by atoms with Gasteiger partial charge in [-0.15, -0.1) is 11.3 Å². The summed E-state index contributed by atoms with van der Waals surface area (Å²) in [5.74, 6) is -0.359. The highest BCUT2D eigenvalue weighted by atomic mass is 32.2. The maximum atomic E-state index is 12.3. The van der Waals surface area contributed by atoms with Crippen LogP contribution in [0.15, 0.2) is 16.3 Å². The predicted molar refractivity (Wildman–Crippen MR) is 83.3 cm³/mol. The third-order valence-corrected chi connectivity index (χ3v) is 5.94. The molecule has 2 heterocycles. The molecule has 1 aliphatic rings. The molecule has 1 aromatic rings. The molecule has 1 aromatic heterocycles. The smallest absolute Gasteiger partial charge is 0.261 e. The van der Waals surface area contributed by atoms with E-state index in [0.29, 0.717) is 18.0 Å². The van der Waals surface area contributed by atoms with E-state index in [2.05, 4.69) is 10.0 Å². The summed E-state index contributed by atoms with van der Waals surface area (Å²) in [7, 11) is -2.24. The molecule has 2 rings (SSSR count). The SMILES string of the molecule is CCCN1C[C@@H](NS(=O)(=O)c2csc(C(=O)NC)c2)CC1=O. The highest BCUT2D eigenvalue weighted by Gasteiger charge is 2.32. The van der Waals surface area contributed by atoms with E-state index in [4.69, 9.17) is 0 Å². The largest absolute Gasteiger partial charge is 0.354 e. The summed E-state index contributed by atoms with van der Waals surface area (Å²) in [6.45, 7) is 2.99. The van der Waals surface area contributed by atoms with Crippen LogP contribution in [0.5, 0.6) is 0 Å². The second-order valence-corrected chi connectivity index (χ2v) is 7.71. The van der Waals surface area contributed by atoms with Gasteiger partial charge in [0, 0.05) is 38.0 Å². The van der Waals surface area contributed by atoms with Gasteiger partial charge in [0.15, 0.2) is 0 Å². The number of rotatable bonds is 6. The van der Waals surface area contributed by atoms with Crippen LogP contribution in [0.2, 0.25) is 0 Å². The summed E-state index contributed by atoms with van der Waals surface area (Å²) in [5, 5.41) is 3.87. The lowest BCUT2D eigenvalue weighted by molar-refractivity contribution is -0.127. The number of carbonyl (C=O) groups is 2. The van der Waals surface area contributed by atoms with Gasteiger partial charge < -0.3 is 10.2 Å². The summed E-state index contributed by atoms with van der Waals surface area (Å²) >= 11 is 1.07. The molecule has 1 saturated heterocycles. The van der Waals surface area contributed by atoms with Gasteiger partial charge in [0.1, 0.15) is 0 Å². The average Bonchev–Trinajstić information content (AvgIpc) is 3.06. The maximum absolute atomic E-state index is 12.3. The quantitative estimate of drug-likeness (QED) is 0.780. The molecule has 0 aromatic carbocycles. The number of amides is 2. The molecule has 0 aliphatic carbocycles.